The summed E-state index contributed by atoms with van der Waals surface area (Å²) in [5.74, 6) is 0. The summed E-state index contributed by atoms with van der Waals surface area (Å²) in [6.45, 7) is 2.15. The first-order chi connectivity index (χ1) is 6.31. The Morgan fingerprint density at radius 1 is 1.46 bits per heavy atom. The van der Waals surface area contributed by atoms with Gasteiger partial charge < -0.3 is 5.32 Å². The van der Waals surface area contributed by atoms with Crippen molar-refractivity contribution in [3.05, 3.63) is 29.3 Å². The van der Waals surface area contributed by atoms with Crippen LogP contribution in [0.3, 0.4) is 0 Å². The van der Waals surface area contributed by atoms with Gasteiger partial charge in [-0.25, -0.2) is 0 Å². The van der Waals surface area contributed by atoms with Crippen molar-refractivity contribution in [1.29, 1.82) is 5.26 Å². The largest absolute Gasteiger partial charge is 0.387 e. The third kappa shape index (κ3) is 2.22. The average molecular weight is 174 g/mol. The molecule has 0 aliphatic heterocycles. The Hall–Kier alpha value is -1.49. The lowest BCUT2D eigenvalue weighted by atomic mass is 10.1. The molecule has 1 aromatic carbocycles. The van der Waals surface area contributed by atoms with Crippen molar-refractivity contribution in [3.63, 3.8) is 0 Å². The number of hydrogen-bond acceptors (Lipinski definition) is 2. The van der Waals surface area contributed by atoms with Gasteiger partial charge in [0.15, 0.2) is 0 Å². The SMILES string of the molecule is CCCc1ccc(C#N)c(NC)c1. The molecule has 0 aliphatic carbocycles. The van der Waals surface area contributed by atoms with Crippen molar-refractivity contribution >= 4 is 5.69 Å². The fourth-order valence-electron chi connectivity index (χ4n) is 1.34. The second-order valence-electron chi connectivity index (χ2n) is 2.99. The van der Waals surface area contributed by atoms with Crippen molar-refractivity contribution in [2.24, 2.45) is 0 Å². The van der Waals surface area contributed by atoms with Crippen LogP contribution in [0.15, 0.2) is 18.2 Å². The third-order valence-corrected chi connectivity index (χ3v) is 2.01. The lowest BCUT2D eigenvalue weighted by Crippen LogP contribution is -1.94. The molecule has 0 saturated heterocycles. The molecule has 0 spiro atoms. The molecule has 0 bridgehead atoms. The summed E-state index contributed by atoms with van der Waals surface area (Å²) in [6.07, 6.45) is 2.20. The highest BCUT2D eigenvalue weighted by atomic mass is 14.8. The summed E-state index contributed by atoms with van der Waals surface area (Å²) in [4.78, 5) is 0. The molecule has 2 nitrogen and oxygen atoms in total. The van der Waals surface area contributed by atoms with Gasteiger partial charge in [-0.15, -0.1) is 0 Å². The van der Waals surface area contributed by atoms with E-state index in [1.165, 1.54) is 5.56 Å². The molecule has 68 valence electrons. The summed E-state index contributed by atoms with van der Waals surface area (Å²) >= 11 is 0. The monoisotopic (exact) mass is 174 g/mol. The van der Waals surface area contributed by atoms with Gasteiger partial charge in [0.05, 0.1) is 11.3 Å². The highest BCUT2D eigenvalue weighted by Crippen LogP contribution is 2.17. The van der Waals surface area contributed by atoms with Crippen molar-refractivity contribution in [3.8, 4) is 6.07 Å². The van der Waals surface area contributed by atoms with E-state index in [0.717, 1.165) is 18.5 Å². The van der Waals surface area contributed by atoms with Gasteiger partial charge in [-0.3, -0.25) is 0 Å². The summed E-state index contributed by atoms with van der Waals surface area (Å²) in [7, 11) is 1.84. The van der Waals surface area contributed by atoms with E-state index in [2.05, 4.69) is 18.3 Å². The van der Waals surface area contributed by atoms with Crippen LogP contribution < -0.4 is 5.32 Å². The van der Waals surface area contributed by atoms with Gasteiger partial charge in [0.25, 0.3) is 0 Å². The molecule has 0 radical (unpaired) electrons. The van der Waals surface area contributed by atoms with Gasteiger partial charge in [-0.1, -0.05) is 19.4 Å². The van der Waals surface area contributed by atoms with Crippen LogP contribution in [0.1, 0.15) is 24.5 Å². The predicted molar refractivity (Wildman–Crippen MR) is 54.7 cm³/mol. The number of rotatable bonds is 3. The second kappa shape index (κ2) is 4.51. The minimum Gasteiger partial charge on any atom is -0.387 e. The number of aryl methyl sites for hydroxylation is 1. The van der Waals surface area contributed by atoms with Crippen molar-refractivity contribution in [2.45, 2.75) is 19.8 Å². The van der Waals surface area contributed by atoms with Crippen LogP contribution in [0.5, 0.6) is 0 Å². The van der Waals surface area contributed by atoms with E-state index >= 15 is 0 Å². The molecule has 0 fully saturated rings. The van der Waals surface area contributed by atoms with E-state index in [1.54, 1.807) is 0 Å². The fourth-order valence-corrected chi connectivity index (χ4v) is 1.34. The van der Waals surface area contributed by atoms with Gasteiger partial charge in [0.2, 0.25) is 0 Å². The van der Waals surface area contributed by atoms with Crippen molar-refractivity contribution in [2.75, 3.05) is 12.4 Å². The summed E-state index contributed by atoms with van der Waals surface area (Å²) in [5.41, 5.74) is 2.92. The Balaban J connectivity index is 3.00. The molecule has 0 atom stereocenters. The number of nitrogens with zero attached hydrogens (tertiary/aromatic N) is 1. The number of benzene rings is 1. The zero-order chi connectivity index (χ0) is 9.68. The molecular weight excluding hydrogens is 160 g/mol. The van der Waals surface area contributed by atoms with Gasteiger partial charge in [0.1, 0.15) is 6.07 Å². The first-order valence-electron chi connectivity index (χ1n) is 4.52. The van der Waals surface area contributed by atoms with Crippen molar-refractivity contribution in [1.82, 2.24) is 0 Å². The van der Waals surface area contributed by atoms with Crippen LogP contribution in [0.25, 0.3) is 0 Å². The first kappa shape index (κ1) is 9.60. The molecular formula is C11H14N2. The Bertz CT molecular complexity index is 323. The summed E-state index contributed by atoms with van der Waals surface area (Å²) in [6, 6.07) is 8.09. The van der Waals surface area contributed by atoms with Crippen LogP contribution in [-0.4, -0.2) is 7.05 Å². The van der Waals surface area contributed by atoms with Crippen LogP contribution in [0, 0.1) is 11.3 Å². The maximum atomic E-state index is 8.78. The van der Waals surface area contributed by atoms with E-state index < -0.39 is 0 Å². The minimum atomic E-state index is 0.711. The molecule has 0 aromatic heterocycles. The lowest BCUT2D eigenvalue weighted by Gasteiger charge is -2.05. The lowest BCUT2D eigenvalue weighted by molar-refractivity contribution is 0.922. The van der Waals surface area contributed by atoms with E-state index in [4.69, 9.17) is 5.26 Å². The van der Waals surface area contributed by atoms with Crippen LogP contribution in [0.2, 0.25) is 0 Å². The summed E-state index contributed by atoms with van der Waals surface area (Å²) in [5, 5.41) is 11.8. The van der Waals surface area contributed by atoms with E-state index in [1.807, 2.05) is 25.2 Å². The number of anilines is 1. The Morgan fingerprint density at radius 2 is 2.23 bits per heavy atom. The van der Waals surface area contributed by atoms with Gasteiger partial charge in [-0.2, -0.15) is 5.26 Å². The average Bonchev–Trinajstić information content (AvgIpc) is 2.18. The minimum absolute atomic E-state index is 0.711. The van der Waals surface area contributed by atoms with E-state index in [0.29, 0.717) is 5.56 Å². The zero-order valence-electron chi connectivity index (χ0n) is 8.09. The molecule has 0 heterocycles. The maximum Gasteiger partial charge on any atom is 0.101 e. The standard InChI is InChI=1S/C11H14N2/c1-3-4-9-5-6-10(8-12)11(7-9)13-2/h5-7,13H,3-4H2,1-2H3. The van der Waals surface area contributed by atoms with E-state index in [9.17, 15) is 0 Å². The summed E-state index contributed by atoms with van der Waals surface area (Å²) < 4.78 is 0. The maximum absolute atomic E-state index is 8.78. The highest BCUT2D eigenvalue weighted by Gasteiger charge is 2.00. The third-order valence-electron chi connectivity index (χ3n) is 2.01. The number of hydrogen-bond donors (Lipinski definition) is 1. The van der Waals surface area contributed by atoms with Gasteiger partial charge in [0, 0.05) is 7.05 Å². The smallest absolute Gasteiger partial charge is 0.101 e. The quantitative estimate of drug-likeness (QED) is 0.764. The molecule has 2 heteroatoms. The topological polar surface area (TPSA) is 35.8 Å². The molecule has 0 amide bonds. The molecule has 1 N–H and O–H groups in total. The molecule has 1 rings (SSSR count). The normalized spacial score (nSPS) is 9.31. The Kier molecular flexibility index (Phi) is 3.33. The molecule has 0 unspecified atom stereocenters. The second-order valence-corrected chi connectivity index (χ2v) is 2.99. The number of nitriles is 1. The van der Waals surface area contributed by atoms with E-state index in [-0.39, 0.29) is 0 Å². The molecule has 1 aromatic rings. The predicted octanol–water partition coefficient (Wildman–Crippen LogP) is 2.55. The van der Waals surface area contributed by atoms with Gasteiger partial charge in [-0.05, 0) is 24.1 Å². The first-order valence-corrected chi connectivity index (χ1v) is 4.52. The van der Waals surface area contributed by atoms with Crippen molar-refractivity contribution < 1.29 is 0 Å². The Morgan fingerprint density at radius 3 is 2.77 bits per heavy atom. The zero-order valence-corrected chi connectivity index (χ0v) is 8.09. The Labute approximate surface area is 79.2 Å². The van der Waals surface area contributed by atoms with Crippen LogP contribution in [0.4, 0.5) is 5.69 Å². The highest BCUT2D eigenvalue weighted by molar-refractivity contribution is 5.58. The molecule has 0 saturated carbocycles. The van der Waals surface area contributed by atoms with Gasteiger partial charge >= 0.3 is 0 Å². The molecule has 13 heavy (non-hydrogen) atoms. The van der Waals surface area contributed by atoms with Crippen LogP contribution >= 0.6 is 0 Å². The van der Waals surface area contributed by atoms with Crippen LogP contribution in [-0.2, 0) is 6.42 Å². The fraction of sp³-hybridized carbons (Fsp3) is 0.364. The molecule has 0 aliphatic rings. The number of nitrogens with one attached hydrogen (secondary N) is 1.